The molecule has 0 saturated carbocycles. The zero-order valence-corrected chi connectivity index (χ0v) is 21.9. The van der Waals surface area contributed by atoms with Gasteiger partial charge in [0.05, 0.1) is 12.2 Å². The minimum atomic E-state index is -0.814. The summed E-state index contributed by atoms with van der Waals surface area (Å²) in [6.07, 6.45) is 1.36. The van der Waals surface area contributed by atoms with Crippen molar-refractivity contribution in [2.75, 3.05) is 26.3 Å². The van der Waals surface area contributed by atoms with Crippen molar-refractivity contribution in [1.82, 2.24) is 14.7 Å². The molecule has 0 amide bonds. The van der Waals surface area contributed by atoms with Crippen LogP contribution in [0, 0.1) is 27.7 Å². The lowest BCUT2D eigenvalue weighted by Crippen LogP contribution is -2.47. The number of piperidine rings is 1. The Morgan fingerprint density at radius 2 is 1.69 bits per heavy atom. The number of likely N-dealkylation sites (tertiary alicyclic amines) is 1. The van der Waals surface area contributed by atoms with Gasteiger partial charge in [-0.15, -0.1) is 0 Å². The van der Waals surface area contributed by atoms with Crippen LogP contribution in [-0.2, 0) is 13.1 Å². The number of benzene rings is 2. The van der Waals surface area contributed by atoms with E-state index in [1.807, 2.05) is 49.7 Å². The molecular formula is C28H36ClN3O3. The first-order valence-corrected chi connectivity index (χ1v) is 12.7. The van der Waals surface area contributed by atoms with E-state index in [0.29, 0.717) is 26.1 Å². The molecule has 1 aromatic heterocycles. The summed E-state index contributed by atoms with van der Waals surface area (Å²) in [5, 5.41) is 16.3. The number of aryl methyl sites for hydroxylation is 4. The van der Waals surface area contributed by atoms with Crippen LogP contribution in [0.4, 0.5) is 0 Å². The van der Waals surface area contributed by atoms with Gasteiger partial charge < -0.3 is 14.6 Å². The van der Waals surface area contributed by atoms with Crippen molar-refractivity contribution in [2.24, 2.45) is 0 Å². The molecule has 3 aromatic rings. The highest BCUT2D eigenvalue weighted by Crippen LogP contribution is 2.29. The zero-order chi connectivity index (χ0) is 25.0. The van der Waals surface area contributed by atoms with Crippen LogP contribution in [0.15, 0.2) is 42.5 Å². The van der Waals surface area contributed by atoms with Crippen molar-refractivity contribution in [1.29, 1.82) is 0 Å². The largest absolute Gasteiger partial charge is 0.492 e. The first kappa shape index (κ1) is 25.5. The maximum atomic E-state index is 11.1. The summed E-state index contributed by atoms with van der Waals surface area (Å²) in [4.78, 5) is 2.38. The number of halogens is 1. The molecule has 7 heteroatoms. The highest BCUT2D eigenvalue weighted by Gasteiger charge is 2.33. The Balaban J connectivity index is 1.24. The van der Waals surface area contributed by atoms with Gasteiger partial charge in [-0.3, -0.25) is 9.58 Å². The fourth-order valence-corrected chi connectivity index (χ4v) is 4.73. The van der Waals surface area contributed by atoms with Crippen LogP contribution in [0.5, 0.6) is 11.5 Å². The highest BCUT2D eigenvalue weighted by atomic mass is 35.5. The Bertz CT molecular complexity index is 1130. The third kappa shape index (κ3) is 6.78. The molecule has 0 unspecified atom stereocenters. The van der Waals surface area contributed by atoms with Crippen molar-refractivity contribution in [3.8, 4) is 11.5 Å². The summed E-state index contributed by atoms with van der Waals surface area (Å²) in [5.41, 5.74) is 4.55. The number of nitrogens with zero attached hydrogens (tertiary/aromatic N) is 3. The van der Waals surface area contributed by atoms with Gasteiger partial charge in [0.25, 0.3) is 0 Å². The Hall–Kier alpha value is -2.54. The molecule has 0 atom stereocenters. The first-order valence-electron chi connectivity index (χ1n) is 12.3. The third-order valence-corrected chi connectivity index (χ3v) is 7.28. The quantitative estimate of drug-likeness (QED) is 0.437. The van der Waals surface area contributed by atoms with E-state index in [9.17, 15) is 5.11 Å². The van der Waals surface area contributed by atoms with Gasteiger partial charge in [-0.1, -0.05) is 23.7 Å². The average molecular weight is 498 g/mol. The molecular weight excluding hydrogens is 462 g/mol. The van der Waals surface area contributed by atoms with E-state index in [0.717, 1.165) is 65.2 Å². The van der Waals surface area contributed by atoms with Crippen LogP contribution >= 0.6 is 11.6 Å². The number of hydrogen-bond donors (Lipinski definition) is 1. The summed E-state index contributed by atoms with van der Waals surface area (Å²) in [6.45, 7) is 12.1. The maximum absolute atomic E-state index is 11.1. The van der Waals surface area contributed by atoms with E-state index in [2.05, 4.69) is 35.1 Å². The van der Waals surface area contributed by atoms with Gasteiger partial charge in [-0.05, 0) is 87.6 Å². The number of hydrogen-bond acceptors (Lipinski definition) is 5. The first-order chi connectivity index (χ1) is 16.7. The SMILES string of the molecule is Cc1cc(C)n(CCOc2cccc(CN3CCC(O)(COc4cc(C)c(Cl)c(C)c4)CC3)c2)n1. The molecule has 1 aliphatic rings. The average Bonchev–Trinajstić information content (AvgIpc) is 3.15. The van der Waals surface area contributed by atoms with Crippen LogP contribution in [0.2, 0.25) is 5.02 Å². The Morgan fingerprint density at radius 1 is 0.971 bits per heavy atom. The molecule has 1 N–H and O–H groups in total. The van der Waals surface area contributed by atoms with Crippen LogP contribution in [0.25, 0.3) is 0 Å². The number of rotatable bonds is 9. The standard InChI is InChI=1S/C28H36ClN3O3/c1-20-14-26(15-21(2)27(20)29)35-19-28(33)8-10-31(11-9-28)18-24-6-5-7-25(17-24)34-13-12-32-23(4)16-22(3)30-32/h5-7,14-17,33H,8-13,18-19H2,1-4H3. The van der Waals surface area contributed by atoms with Crippen LogP contribution in [0.1, 0.15) is 40.9 Å². The molecule has 1 saturated heterocycles. The molecule has 0 aliphatic carbocycles. The lowest BCUT2D eigenvalue weighted by Gasteiger charge is -2.38. The Morgan fingerprint density at radius 3 is 2.34 bits per heavy atom. The van der Waals surface area contributed by atoms with Gasteiger partial charge in [0.1, 0.15) is 30.3 Å². The molecule has 0 radical (unpaired) electrons. The second-order valence-corrected chi connectivity index (χ2v) is 10.2. The third-order valence-electron chi connectivity index (χ3n) is 6.68. The zero-order valence-electron chi connectivity index (χ0n) is 21.2. The summed E-state index contributed by atoms with van der Waals surface area (Å²) < 4.78 is 13.9. The van der Waals surface area contributed by atoms with Crippen molar-refractivity contribution in [3.05, 3.63) is 75.6 Å². The van der Waals surface area contributed by atoms with E-state index in [4.69, 9.17) is 21.1 Å². The molecule has 0 spiro atoms. The summed E-state index contributed by atoms with van der Waals surface area (Å²) in [6, 6.07) is 14.2. The molecule has 2 aromatic carbocycles. The van der Waals surface area contributed by atoms with Crippen molar-refractivity contribution in [2.45, 2.75) is 59.2 Å². The molecule has 1 aliphatic heterocycles. The van der Waals surface area contributed by atoms with E-state index >= 15 is 0 Å². The predicted octanol–water partition coefficient (Wildman–Crippen LogP) is 5.26. The molecule has 4 rings (SSSR count). The van der Waals surface area contributed by atoms with E-state index < -0.39 is 5.60 Å². The fourth-order valence-electron chi connectivity index (χ4n) is 4.62. The van der Waals surface area contributed by atoms with Crippen molar-refractivity contribution >= 4 is 11.6 Å². The lowest BCUT2D eigenvalue weighted by molar-refractivity contribution is -0.0537. The maximum Gasteiger partial charge on any atom is 0.120 e. The monoisotopic (exact) mass is 497 g/mol. The second-order valence-electron chi connectivity index (χ2n) is 9.81. The van der Waals surface area contributed by atoms with Gasteiger partial charge >= 0.3 is 0 Å². The highest BCUT2D eigenvalue weighted by molar-refractivity contribution is 6.32. The normalized spacial score (nSPS) is 15.8. The Kier molecular flexibility index (Phi) is 8.05. The molecule has 1 fully saturated rings. The van der Waals surface area contributed by atoms with Gasteiger partial charge in [-0.2, -0.15) is 5.10 Å². The van der Waals surface area contributed by atoms with Crippen LogP contribution in [-0.4, -0.2) is 51.7 Å². The lowest BCUT2D eigenvalue weighted by atomic mass is 9.92. The minimum Gasteiger partial charge on any atom is -0.492 e. The smallest absolute Gasteiger partial charge is 0.120 e. The summed E-state index contributed by atoms with van der Waals surface area (Å²) >= 11 is 6.25. The second kappa shape index (κ2) is 11.0. The molecule has 188 valence electrons. The van der Waals surface area contributed by atoms with E-state index in [-0.39, 0.29) is 0 Å². The topological polar surface area (TPSA) is 59.8 Å². The van der Waals surface area contributed by atoms with Crippen LogP contribution < -0.4 is 9.47 Å². The van der Waals surface area contributed by atoms with Crippen molar-refractivity contribution < 1.29 is 14.6 Å². The number of aliphatic hydroxyl groups is 1. The van der Waals surface area contributed by atoms with Crippen LogP contribution in [0.3, 0.4) is 0 Å². The number of ether oxygens (including phenoxy) is 2. The molecule has 35 heavy (non-hydrogen) atoms. The Labute approximate surface area is 213 Å². The van der Waals surface area contributed by atoms with Gasteiger partial charge in [0, 0.05) is 30.4 Å². The molecule has 2 heterocycles. The summed E-state index contributed by atoms with van der Waals surface area (Å²) in [5.74, 6) is 1.63. The molecule has 6 nitrogen and oxygen atoms in total. The minimum absolute atomic E-state index is 0.292. The van der Waals surface area contributed by atoms with Gasteiger partial charge in [0.2, 0.25) is 0 Å². The van der Waals surface area contributed by atoms with Crippen molar-refractivity contribution in [3.63, 3.8) is 0 Å². The van der Waals surface area contributed by atoms with Gasteiger partial charge in [0.15, 0.2) is 0 Å². The number of aromatic nitrogens is 2. The van der Waals surface area contributed by atoms with E-state index in [1.54, 1.807) is 0 Å². The molecule has 0 bridgehead atoms. The summed E-state index contributed by atoms with van der Waals surface area (Å²) in [7, 11) is 0. The fraction of sp³-hybridized carbons (Fsp3) is 0.464. The van der Waals surface area contributed by atoms with E-state index in [1.165, 1.54) is 5.56 Å². The predicted molar refractivity (Wildman–Crippen MR) is 140 cm³/mol. The van der Waals surface area contributed by atoms with Gasteiger partial charge in [-0.25, -0.2) is 0 Å².